The van der Waals surface area contributed by atoms with E-state index in [4.69, 9.17) is 10.00 Å². The zero-order chi connectivity index (χ0) is 15.1. The second-order valence-corrected chi connectivity index (χ2v) is 4.86. The highest BCUT2D eigenvalue weighted by Gasteiger charge is 2.20. The SMILES string of the molecule is COc1ccc([N+](=O)[O-])c(N(CCC#N)CC(C)C)c1. The molecule has 0 heterocycles. The largest absolute Gasteiger partial charge is 0.497 e. The van der Waals surface area contributed by atoms with Crippen LogP contribution in [0.3, 0.4) is 0 Å². The van der Waals surface area contributed by atoms with Crippen molar-refractivity contribution in [1.82, 2.24) is 0 Å². The number of methoxy groups -OCH3 is 1. The number of hydrogen-bond donors (Lipinski definition) is 0. The molecule has 0 saturated heterocycles. The molecule has 0 spiro atoms. The van der Waals surface area contributed by atoms with Gasteiger partial charge >= 0.3 is 0 Å². The molecule has 0 fully saturated rings. The van der Waals surface area contributed by atoms with E-state index >= 15 is 0 Å². The summed E-state index contributed by atoms with van der Waals surface area (Å²) in [6, 6.07) is 6.73. The summed E-state index contributed by atoms with van der Waals surface area (Å²) in [5.41, 5.74) is 0.530. The third-order valence-corrected chi connectivity index (χ3v) is 2.80. The maximum absolute atomic E-state index is 11.2. The van der Waals surface area contributed by atoms with Crippen LogP contribution in [0, 0.1) is 27.4 Å². The second kappa shape index (κ2) is 7.34. The average molecular weight is 277 g/mol. The summed E-state index contributed by atoms with van der Waals surface area (Å²) in [6.07, 6.45) is 0.321. The van der Waals surface area contributed by atoms with Crippen molar-refractivity contribution < 1.29 is 9.66 Å². The summed E-state index contributed by atoms with van der Waals surface area (Å²) in [5, 5.41) is 19.9. The predicted molar refractivity (Wildman–Crippen MR) is 76.9 cm³/mol. The molecule has 1 aromatic carbocycles. The van der Waals surface area contributed by atoms with Crippen molar-refractivity contribution in [3.8, 4) is 11.8 Å². The third-order valence-electron chi connectivity index (χ3n) is 2.80. The molecule has 0 aliphatic heterocycles. The fourth-order valence-corrected chi connectivity index (χ4v) is 1.97. The second-order valence-electron chi connectivity index (χ2n) is 4.86. The summed E-state index contributed by atoms with van der Waals surface area (Å²) < 4.78 is 5.13. The molecule has 108 valence electrons. The number of benzene rings is 1. The highest BCUT2D eigenvalue weighted by Crippen LogP contribution is 2.32. The molecule has 0 unspecified atom stereocenters. The van der Waals surface area contributed by atoms with E-state index in [1.165, 1.54) is 13.2 Å². The van der Waals surface area contributed by atoms with Gasteiger partial charge in [0, 0.05) is 25.2 Å². The Morgan fingerprint density at radius 2 is 2.20 bits per heavy atom. The monoisotopic (exact) mass is 277 g/mol. The number of nitriles is 1. The molecule has 1 rings (SSSR count). The predicted octanol–water partition coefficient (Wildman–Crippen LogP) is 2.98. The van der Waals surface area contributed by atoms with Gasteiger partial charge in [0.2, 0.25) is 0 Å². The van der Waals surface area contributed by atoms with Gasteiger partial charge in [-0.3, -0.25) is 10.1 Å². The van der Waals surface area contributed by atoms with Crippen molar-refractivity contribution in [2.45, 2.75) is 20.3 Å². The van der Waals surface area contributed by atoms with Crippen LogP contribution in [0.25, 0.3) is 0 Å². The Hall–Kier alpha value is -2.29. The number of nitro groups is 1. The van der Waals surface area contributed by atoms with E-state index in [1.54, 1.807) is 12.1 Å². The van der Waals surface area contributed by atoms with Gasteiger partial charge in [-0.15, -0.1) is 0 Å². The van der Waals surface area contributed by atoms with Crippen LogP contribution in [0.2, 0.25) is 0 Å². The Bertz CT molecular complexity index is 509. The van der Waals surface area contributed by atoms with Gasteiger partial charge in [0.15, 0.2) is 0 Å². The minimum absolute atomic E-state index is 0.0318. The molecular formula is C14H19N3O3. The van der Waals surface area contributed by atoms with Gasteiger partial charge in [0.1, 0.15) is 11.4 Å². The molecule has 0 aliphatic rings. The van der Waals surface area contributed by atoms with Crippen molar-refractivity contribution >= 4 is 11.4 Å². The Morgan fingerprint density at radius 3 is 2.70 bits per heavy atom. The quantitative estimate of drug-likeness (QED) is 0.565. The summed E-state index contributed by atoms with van der Waals surface area (Å²) in [5.74, 6) is 0.899. The maximum Gasteiger partial charge on any atom is 0.292 e. The van der Waals surface area contributed by atoms with Gasteiger partial charge in [-0.2, -0.15) is 5.26 Å². The summed E-state index contributed by atoms with van der Waals surface area (Å²) in [7, 11) is 1.52. The van der Waals surface area contributed by atoms with E-state index in [9.17, 15) is 10.1 Å². The van der Waals surface area contributed by atoms with Gasteiger partial charge < -0.3 is 9.64 Å². The molecule has 6 nitrogen and oxygen atoms in total. The number of hydrogen-bond acceptors (Lipinski definition) is 5. The van der Waals surface area contributed by atoms with E-state index in [-0.39, 0.29) is 5.69 Å². The van der Waals surface area contributed by atoms with Crippen LogP contribution in [0.15, 0.2) is 18.2 Å². The lowest BCUT2D eigenvalue weighted by Crippen LogP contribution is -2.29. The van der Waals surface area contributed by atoms with Crippen molar-refractivity contribution in [3.63, 3.8) is 0 Å². The van der Waals surface area contributed by atoms with Gasteiger partial charge in [-0.1, -0.05) is 13.8 Å². The van der Waals surface area contributed by atoms with Crippen molar-refractivity contribution in [2.75, 3.05) is 25.1 Å². The van der Waals surface area contributed by atoms with Crippen molar-refractivity contribution in [3.05, 3.63) is 28.3 Å². The fraction of sp³-hybridized carbons (Fsp3) is 0.500. The van der Waals surface area contributed by atoms with Gasteiger partial charge in [0.05, 0.1) is 24.5 Å². The molecule has 6 heteroatoms. The van der Waals surface area contributed by atoms with Crippen LogP contribution in [-0.2, 0) is 0 Å². The van der Waals surface area contributed by atoms with E-state index in [2.05, 4.69) is 6.07 Å². The number of rotatable bonds is 7. The van der Waals surface area contributed by atoms with E-state index in [0.29, 0.717) is 36.9 Å². The third kappa shape index (κ3) is 4.12. The lowest BCUT2D eigenvalue weighted by Gasteiger charge is -2.25. The van der Waals surface area contributed by atoms with Gasteiger partial charge in [-0.25, -0.2) is 0 Å². The Labute approximate surface area is 118 Å². The molecule has 0 aliphatic carbocycles. The lowest BCUT2D eigenvalue weighted by atomic mass is 10.1. The molecule has 20 heavy (non-hydrogen) atoms. The van der Waals surface area contributed by atoms with E-state index in [0.717, 1.165) is 0 Å². The van der Waals surface area contributed by atoms with Gasteiger partial charge in [-0.05, 0) is 12.0 Å². The first kappa shape index (κ1) is 15.8. The molecule has 0 radical (unpaired) electrons. The first-order valence-electron chi connectivity index (χ1n) is 6.44. The molecule has 0 atom stereocenters. The Kier molecular flexibility index (Phi) is 5.78. The number of nitrogens with zero attached hydrogens (tertiary/aromatic N) is 3. The van der Waals surface area contributed by atoms with Crippen LogP contribution in [0.5, 0.6) is 5.75 Å². The zero-order valence-electron chi connectivity index (χ0n) is 12.0. The molecular weight excluding hydrogens is 258 g/mol. The highest BCUT2D eigenvalue weighted by molar-refractivity contribution is 5.66. The molecule has 0 saturated carbocycles. The zero-order valence-corrected chi connectivity index (χ0v) is 12.0. The van der Waals surface area contributed by atoms with Crippen LogP contribution in [-0.4, -0.2) is 25.1 Å². The van der Waals surface area contributed by atoms with Crippen molar-refractivity contribution in [1.29, 1.82) is 5.26 Å². The molecule has 0 bridgehead atoms. The van der Waals surface area contributed by atoms with Crippen LogP contribution in [0.4, 0.5) is 11.4 Å². The number of nitro benzene ring substituents is 1. The first-order chi connectivity index (χ1) is 9.49. The highest BCUT2D eigenvalue weighted by atomic mass is 16.6. The topological polar surface area (TPSA) is 79.4 Å². The molecule has 0 amide bonds. The van der Waals surface area contributed by atoms with Crippen LogP contribution < -0.4 is 9.64 Å². The van der Waals surface area contributed by atoms with E-state index in [1.807, 2.05) is 18.7 Å². The maximum atomic E-state index is 11.2. The smallest absolute Gasteiger partial charge is 0.292 e. The summed E-state index contributed by atoms with van der Waals surface area (Å²) in [4.78, 5) is 12.6. The number of ether oxygens (including phenoxy) is 1. The lowest BCUT2D eigenvalue weighted by molar-refractivity contribution is -0.384. The molecule has 0 N–H and O–H groups in total. The van der Waals surface area contributed by atoms with Crippen molar-refractivity contribution in [2.24, 2.45) is 5.92 Å². The normalized spacial score (nSPS) is 10.2. The van der Waals surface area contributed by atoms with Crippen LogP contribution >= 0.6 is 0 Å². The number of anilines is 1. The minimum atomic E-state index is -0.408. The summed E-state index contributed by atoms with van der Waals surface area (Å²) >= 11 is 0. The first-order valence-corrected chi connectivity index (χ1v) is 6.44. The van der Waals surface area contributed by atoms with E-state index < -0.39 is 4.92 Å². The average Bonchev–Trinajstić information content (AvgIpc) is 2.42. The minimum Gasteiger partial charge on any atom is -0.497 e. The standard InChI is InChI=1S/C14H19N3O3/c1-11(2)10-16(8-4-7-15)14-9-12(20-3)5-6-13(14)17(18)19/h5-6,9,11H,4,8,10H2,1-3H3. The van der Waals surface area contributed by atoms with Crippen LogP contribution in [0.1, 0.15) is 20.3 Å². The molecule has 1 aromatic rings. The van der Waals surface area contributed by atoms with Gasteiger partial charge in [0.25, 0.3) is 5.69 Å². The summed E-state index contributed by atoms with van der Waals surface area (Å²) in [6.45, 7) is 5.18. The molecule has 0 aromatic heterocycles. The Balaban J connectivity index is 3.20. The Morgan fingerprint density at radius 1 is 1.50 bits per heavy atom. The fourth-order valence-electron chi connectivity index (χ4n) is 1.97.